The molecule has 0 radical (unpaired) electrons. The fourth-order valence-corrected chi connectivity index (χ4v) is 1.39. The van der Waals surface area contributed by atoms with Gasteiger partial charge in [-0.15, -0.1) is 0 Å². The zero-order valence-electron chi connectivity index (χ0n) is 10.5. The van der Waals surface area contributed by atoms with E-state index in [0.29, 0.717) is 6.54 Å². The number of halogens is 1. The van der Waals surface area contributed by atoms with Gasteiger partial charge < -0.3 is 10.6 Å². The van der Waals surface area contributed by atoms with E-state index in [9.17, 15) is 14.0 Å². The summed E-state index contributed by atoms with van der Waals surface area (Å²) < 4.78 is 13.3. The SMILES string of the molecule is CCCNC(=O)[C@@H](C)NC(=O)c1ccccc1F. The lowest BCUT2D eigenvalue weighted by atomic mass is 10.2. The number of rotatable bonds is 5. The zero-order chi connectivity index (χ0) is 13.5. The van der Waals surface area contributed by atoms with Gasteiger partial charge >= 0.3 is 0 Å². The van der Waals surface area contributed by atoms with Crippen molar-refractivity contribution in [2.24, 2.45) is 0 Å². The molecule has 0 fully saturated rings. The van der Waals surface area contributed by atoms with Gasteiger partial charge in [0.05, 0.1) is 5.56 Å². The second kappa shape index (κ2) is 6.74. The average Bonchev–Trinajstić information content (AvgIpc) is 2.36. The molecule has 2 N–H and O–H groups in total. The second-order valence-corrected chi connectivity index (χ2v) is 3.97. The Labute approximate surface area is 106 Å². The molecule has 1 aromatic carbocycles. The minimum absolute atomic E-state index is 0.0624. The highest BCUT2D eigenvalue weighted by Crippen LogP contribution is 2.06. The standard InChI is InChI=1S/C13H17FN2O2/c1-3-8-15-12(17)9(2)16-13(18)10-6-4-5-7-11(10)14/h4-7,9H,3,8H2,1-2H3,(H,15,17)(H,16,18)/t9-/m1/s1. The molecule has 0 saturated carbocycles. The van der Waals surface area contributed by atoms with Gasteiger partial charge in [0.2, 0.25) is 5.91 Å². The third-order valence-corrected chi connectivity index (χ3v) is 2.41. The highest BCUT2D eigenvalue weighted by molar-refractivity contribution is 5.97. The lowest BCUT2D eigenvalue weighted by molar-refractivity contribution is -0.122. The van der Waals surface area contributed by atoms with Gasteiger partial charge in [0.25, 0.3) is 5.91 Å². The first-order valence-electron chi connectivity index (χ1n) is 5.89. The number of nitrogens with one attached hydrogen (secondary N) is 2. The van der Waals surface area contributed by atoms with E-state index in [1.165, 1.54) is 18.2 Å². The molecule has 1 rings (SSSR count). The molecule has 98 valence electrons. The van der Waals surface area contributed by atoms with E-state index in [1.54, 1.807) is 13.0 Å². The molecule has 1 atom stereocenters. The van der Waals surface area contributed by atoms with Crippen LogP contribution in [0, 0.1) is 5.82 Å². The smallest absolute Gasteiger partial charge is 0.254 e. The van der Waals surface area contributed by atoms with Crippen LogP contribution in [0.15, 0.2) is 24.3 Å². The van der Waals surface area contributed by atoms with Crippen LogP contribution in [-0.4, -0.2) is 24.4 Å². The van der Waals surface area contributed by atoms with E-state index >= 15 is 0 Å². The van der Waals surface area contributed by atoms with Crippen LogP contribution in [0.1, 0.15) is 30.6 Å². The minimum atomic E-state index is -0.691. The predicted octanol–water partition coefficient (Wildman–Crippen LogP) is 1.47. The van der Waals surface area contributed by atoms with Crippen LogP contribution in [-0.2, 0) is 4.79 Å². The molecule has 0 bridgehead atoms. The van der Waals surface area contributed by atoms with E-state index in [2.05, 4.69) is 10.6 Å². The Morgan fingerprint density at radius 2 is 2.00 bits per heavy atom. The Morgan fingerprint density at radius 1 is 1.33 bits per heavy atom. The normalized spacial score (nSPS) is 11.7. The Bertz CT molecular complexity index is 435. The minimum Gasteiger partial charge on any atom is -0.354 e. The average molecular weight is 252 g/mol. The van der Waals surface area contributed by atoms with Crippen LogP contribution in [0.25, 0.3) is 0 Å². The van der Waals surface area contributed by atoms with Crippen LogP contribution in [0.4, 0.5) is 4.39 Å². The van der Waals surface area contributed by atoms with Gasteiger partial charge in [-0.2, -0.15) is 0 Å². The summed E-state index contributed by atoms with van der Waals surface area (Å²) in [5.74, 6) is -1.47. The number of benzene rings is 1. The first-order chi connectivity index (χ1) is 8.56. The van der Waals surface area contributed by atoms with Crippen molar-refractivity contribution in [3.63, 3.8) is 0 Å². The van der Waals surface area contributed by atoms with Crippen LogP contribution in [0.5, 0.6) is 0 Å². The van der Waals surface area contributed by atoms with Crippen molar-refractivity contribution in [3.05, 3.63) is 35.6 Å². The molecule has 4 nitrogen and oxygen atoms in total. The second-order valence-electron chi connectivity index (χ2n) is 3.97. The number of carbonyl (C=O) groups is 2. The topological polar surface area (TPSA) is 58.2 Å². The van der Waals surface area contributed by atoms with Gasteiger partial charge in [-0.1, -0.05) is 19.1 Å². The van der Waals surface area contributed by atoms with Gasteiger partial charge in [0, 0.05) is 6.54 Å². The van der Waals surface area contributed by atoms with Gasteiger partial charge in [0.15, 0.2) is 0 Å². The van der Waals surface area contributed by atoms with Crippen LogP contribution < -0.4 is 10.6 Å². The van der Waals surface area contributed by atoms with E-state index in [4.69, 9.17) is 0 Å². The molecule has 0 aliphatic heterocycles. The quantitative estimate of drug-likeness (QED) is 0.833. The summed E-state index contributed by atoms with van der Waals surface area (Å²) in [6.07, 6.45) is 0.819. The van der Waals surface area contributed by atoms with Crippen molar-refractivity contribution in [1.82, 2.24) is 10.6 Å². The molecule has 1 aromatic rings. The highest BCUT2D eigenvalue weighted by Gasteiger charge is 2.17. The highest BCUT2D eigenvalue weighted by atomic mass is 19.1. The van der Waals surface area contributed by atoms with Crippen LogP contribution in [0.2, 0.25) is 0 Å². The summed E-state index contributed by atoms with van der Waals surface area (Å²) in [7, 11) is 0. The van der Waals surface area contributed by atoms with Crippen molar-refractivity contribution in [3.8, 4) is 0 Å². The van der Waals surface area contributed by atoms with Crippen molar-refractivity contribution >= 4 is 11.8 Å². The molecule has 0 aliphatic rings. The Kier molecular flexibility index (Phi) is 5.30. The first-order valence-corrected chi connectivity index (χ1v) is 5.89. The van der Waals surface area contributed by atoms with Gasteiger partial charge in [-0.3, -0.25) is 9.59 Å². The summed E-state index contributed by atoms with van der Waals surface area (Å²) in [6, 6.07) is 4.96. The van der Waals surface area contributed by atoms with E-state index in [-0.39, 0.29) is 11.5 Å². The fraction of sp³-hybridized carbons (Fsp3) is 0.385. The number of hydrogen-bond acceptors (Lipinski definition) is 2. The van der Waals surface area contributed by atoms with Gasteiger partial charge in [0.1, 0.15) is 11.9 Å². The molecule has 0 aromatic heterocycles. The summed E-state index contributed by atoms with van der Waals surface area (Å²) in [5, 5.41) is 5.11. The third-order valence-electron chi connectivity index (χ3n) is 2.41. The maximum atomic E-state index is 13.3. The maximum Gasteiger partial charge on any atom is 0.254 e. The van der Waals surface area contributed by atoms with E-state index in [0.717, 1.165) is 6.42 Å². The molecule has 5 heteroatoms. The number of amides is 2. The van der Waals surface area contributed by atoms with Gasteiger partial charge in [-0.25, -0.2) is 4.39 Å². The third kappa shape index (κ3) is 3.84. The Balaban J connectivity index is 2.60. The van der Waals surface area contributed by atoms with E-state index < -0.39 is 17.8 Å². The van der Waals surface area contributed by atoms with Crippen molar-refractivity contribution in [2.75, 3.05) is 6.54 Å². The summed E-state index contributed by atoms with van der Waals surface area (Å²) >= 11 is 0. The van der Waals surface area contributed by atoms with E-state index in [1.807, 2.05) is 6.92 Å². The molecule has 0 saturated heterocycles. The molecule has 0 heterocycles. The lowest BCUT2D eigenvalue weighted by Crippen LogP contribution is -2.45. The van der Waals surface area contributed by atoms with Crippen molar-refractivity contribution in [2.45, 2.75) is 26.3 Å². The molecule has 0 unspecified atom stereocenters. The molecule has 0 spiro atoms. The Hall–Kier alpha value is -1.91. The largest absolute Gasteiger partial charge is 0.354 e. The first kappa shape index (κ1) is 14.2. The van der Waals surface area contributed by atoms with Crippen LogP contribution in [0.3, 0.4) is 0 Å². The number of carbonyl (C=O) groups excluding carboxylic acids is 2. The van der Waals surface area contributed by atoms with Crippen LogP contribution >= 0.6 is 0 Å². The lowest BCUT2D eigenvalue weighted by Gasteiger charge is -2.14. The molecule has 18 heavy (non-hydrogen) atoms. The summed E-state index contributed by atoms with van der Waals surface area (Å²) in [5.41, 5.74) is -0.0624. The monoisotopic (exact) mass is 252 g/mol. The van der Waals surface area contributed by atoms with Gasteiger partial charge in [-0.05, 0) is 25.5 Å². The van der Waals surface area contributed by atoms with Crippen molar-refractivity contribution < 1.29 is 14.0 Å². The zero-order valence-corrected chi connectivity index (χ0v) is 10.5. The summed E-state index contributed by atoms with van der Waals surface area (Å²) in [4.78, 5) is 23.3. The molecule has 0 aliphatic carbocycles. The molecule has 2 amide bonds. The fourth-order valence-electron chi connectivity index (χ4n) is 1.39. The Morgan fingerprint density at radius 3 is 2.61 bits per heavy atom. The molecular weight excluding hydrogens is 235 g/mol. The number of hydrogen-bond donors (Lipinski definition) is 2. The molecular formula is C13H17FN2O2. The summed E-state index contributed by atoms with van der Waals surface area (Å²) in [6.45, 7) is 4.05. The predicted molar refractivity (Wildman–Crippen MR) is 66.6 cm³/mol. The van der Waals surface area contributed by atoms with Crippen molar-refractivity contribution in [1.29, 1.82) is 0 Å². The maximum absolute atomic E-state index is 13.3.